The molecule has 2 heterocycles. The number of ether oxygens (including phenoxy) is 2. The van der Waals surface area contributed by atoms with E-state index in [1.165, 1.54) is 0 Å². The largest absolute Gasteiger partial charge is 0.383 e. The first-order valence-electron chi connectivity index (χ1n) is 5.75. The molecule has 0 aliphatic carbocycles. The van der Waals surface area contributed by atoms with Gasteiger partial charge >= 0.3 is 0 Å². The molecular weight excluding hydrogens is 206 g/mol. The average molecular weight is 225 g/mol. The van der Waals surface area contributed by atoms with Gasteiger partial charge in [-0.25, -0.2) is 0 Å². The first-order valence-corrected chi connectivity index (χ1v) is 5.75. The molecule has 1 aromatic rings. The maximum absolute atomic E-state index is 5.31. The summed E-state index contributed by atoms with van der Waals surface area (Å²) >= 11 is 0. The first kappa shape index (κ1) is 11.4. The van der Waals surface area contributed by atoms with Gasteiger partial charge in [0.15, 0.2) is 0 Å². The van der Waals surface area contributed by atoms with Gasteiger partial charge in [-0.15, -0.1) is 0 Å². The summed E-state index contributed by atoms with van der Waals surface area (Å²) in [6.45, 7) is 3.19. The van der Waals surface area contributed by atoms with Crippen molar-refractivity contribution in [1.82, 2.24) is 9.78 Å². The highest BCUT2D eigenvalue weighted by atomic mass is 16.5. The molecule has 0 amide bonds. The van der Waals surface area contributed by atoms with Crippen LogP contribution >= 0.6 is 0 Å². The molecule has 0 atom stereocenters. The predicted molar refractivity (Wildman–Crippen MR) is 61.6 cm³/mol. The van der Waals surface area contributed by atoms with E-state index in [4.69, 9.17) is 9.47 Å². The Morgan fingerprint density at radius 3 is 3.12 bits per heavy atom. The number of rotatable bonds is 5. The maximum atomic E-state index is 5.31. The third-order valence-corrected chi connectivity index (χ3v) is 2.74. The van der Waals surface area contributed by atoms with E-state index in [0.717, 1.165) is 38.4 Å². The highest BCUT2D eigenvalue weighted by Gasteiger charge is 2.14. The van der Waals surface area contributed by atoms with Crippen LogP contribution in [0.3, 0.4) is 0 Å². The van der Waals surface area contributed by atoms with Crippen molar-refractivity contribution in [2.45, 2.75) is 25.4 Å². The molecule has 1 aromatic heterocycles. The highest BCUT2D eigenvalue weighted by Crippen LogP contribution is 2.12. The summed E-state index contributed by atoms with van der Waals surface area (Å²) in [5.74, 6) is 0.947. The zero-order valence-corrected chi connectivity index (χ0v) is 9.69. The van der Waals surface area contributed by atoms with Crippen molar-refractivity contribution in [3.05, 3.63) is 12.3 Å². The van der Waals surface area contributed by atoms with Crippen molar-refractivity contribution in [1.29, 1.82) is 0 Å². The van der Waals surface area contributed by atoms with Crippen LogP contribution in [0.5, 0.6) is 0 Å². The van der Waals surface area contributed by atoms with E-state index in [0.29, 0.717) is 12.6 Å². The lowest BCUT2D eigenvalue weighted by molar-refractivity contribution is 0.0903. The fraction of sp³-hybridized carbons (Fsp3) is 0.727. The molecular formula is C11H19N3O2. The summed E-state index contributed by atoms with van der Waals surface area (Å²) in [6, 6.07) is 2.50. The van der Waals surface area contributed by atoms with Gasteiger partial charge in [-0.1, -0.05) is 0 Å². The lowest BCUT2D eigenvalue weighted by Gasteiger charge is -2.22. The van der Waals surface area contributed by atoms with Crippen molar-refractivity contribution in [2.75, 3.05) is 32.2 Å². The average Bonchev–Trinajstić information content (AvgIpc) is 2.75. The Balaban J connectivity index is 1.81. The van der Waals surface area contributed by atoms with Crippen LogP contribution in [0.15, 0.2) is 12.3 Å². The molecule has 1 saturated heterocycles. The molecule has 0 unspecified atom stereocenters. The van der Waals surface area contributed by atoms with E-state index in [2.05, 4.69) is 10.4 Å². The Morgan fingerprint density at radius 2 is 2.38 bits per heavy atom. The number of hydrogen-bond acceptors (Lipinski definition) is 4. The molecule has 0 saturated carbocycles. The fourth-order valence-electron chi connectivity index (χ4n) is 1.80. The molecule has 2 rings (SSSR count). The van der Waals surface area contributed by atoms with Gasteiger partial charge < -0.3 is 14.8 Å². The highest BCUT2D eigenvalue weighted by molar-refractivity contribution is 5.33. The normalized spacial score (nSPS) is 17.6. The van der Waals surface area contributed by atoms with Gasteiger partial charge in [-0.3, -0.25) is 4.68 Å². The zero-order chi connectivity index (χ0) is 11.2. The van der Waals surface area contributed by atoms with Crippen LogP contribution in [0, 0.1) is 0 Å². The van der Waals surface area contributed by atoms with Crippen LogP contribution in [0.2, 0.25) is 0 Å². The minimum atomic E-state index is 0.500. The van der Waals surface area contributed by atoms with Gasteiger partial charge in [-0.05, 0) is 12.8 Å². The predicted octanol–water partition coefficient (Wildman–Crippen LogP) is 1.12. The van der Waals surface area contributed by atoms with Gasteiger partial charge in [0, 0.05) is 38.6 Å². The monoisotopic (exact) mass is 225 g/mol. The molecule has 1 N–H and O–H groups in total. The van der Waals surface area contributed by atoms with Crippen LogP contribution in [-0.4, -0.2) is 42.8 Å². The van der Waals surface area contributed by atoms with Gasteiger partial charge in [0.1, 0.15) is 5.82 Å². The molecule has 5 heteroatoms. The van der Waals surface area contributed by atoms with Gasteiger partial charge in [0.05, 0.1) is 13.2 Å². The SMILES string of the molecule is COCCn1ccc(NC2CCOCC2)n1. The topological polar surface area (TPSA) is 48.3 Å². The van der Waals surface area contributed by atoms with E-state index in [1.54, 1.807) is 7.11 Å². The second-order valence-electron chi connectivity index (χ2n) is 3.99. The van der Waals surface area contributed by atoms with Crippen molar-refractivity contribution in [2.24, 2.45) is 0 Å². The third kappa shape index (κ3) is 3.21. The van der Waals surface area contributed by atoms with Crippen LogP contribution in [0.1, 0.15) is 12.8 Å². The summed E-state index contributed by atoms with van der Waals surface area (Å²) in [7, 11) is 1.70. The van der Waals surface area contributed by atoms with Crippen LogP contribution in [0.25, 0.3) is 0 Å². The quantitative estimate of drug-likeness (QED) is 0.815. The Labute approximate surface area is 95.7 Å². The molecule has 0 spiro atoms. The lowest BCUT2D eigenvalue weighted by Crippen LogP contribution is -2.28. The summed E-state index contributed by atoms with van der Waals surface area (Å²) in [5.41, 5.74) is 0. The standard InChI is InChI=1S/C11H19N3O2/c1-15-9-6-14-5-2-11(13-14)12-10-3-7-16-8-4-10/h2,5,10H,3-4,6-9H2,1H3,(H,12,13). The van der Waals surface area contributed by atoms with Crippen LogP contribution in [-0.2, 0) is 16.0 Å². The molecule has 16 heavy (non-hydrogen) atoms. The summed E-state index contributed by atoms with van der Waals surface area (Å²) < 4.78 is 12.2. The number of anilines is 1. The number of methoxy groups -OCH3 is 1. The van der Waals surface area contributed by atoms with Gasteiger partial charge in [0.2, 0.25) is 0 Å². The summed E-state index contributed by atoms with van der Waals surface area (Å²) in [6.07, 6.45) is 4.09. The zero-order valence-electron chi connectivity index (χ0n) is 9.69. The Hall–Kier alpha value is -1.07. The summed E-state index contributed by atoms with van der Waals surface area (Å²) in [5, 5.41) is 7.85. The van der Waals surface area contributed by atoms with E-state index in [-0.39, 0.29) is 0 Å². The first-order chi connectivity index (χ1) is 7.88. The molecule has 0 bridgehead atoms. The maximum Gasteiger partial charge on any atom is 0.148 e. The van der Waals surface area contributed by atoms with Crippen LogP contribution in [0.4, 0.5) is 5.82 Å². The minimum absolute atomic E-state index is 0.500. The second-order valence-corrected chi connectivity index (χ2v) is 3.99. The number of nitrogens with one attached hydrogen (secondary N) is 1. The number of hydrogen-bond donors (Lipinski definition) is 1. The molecule has 0 aromatic carbocycles. The second kappa shape index (κ2) is 5.86. The number of nitrogens with zero attached hydrogens (tertiary/aromatic N) is 2. The van der Waals surface area contributed by atoms with Crippen molar-refractivity contribution in [3.63, 3.8) is 0 Å². The molecule has 1 aliphatic heterocycles. The summed E-state index contributed by atoms with van der Waals surface area (Å²) in [4.78, 5) is 0. The lowest BCUT2D eigenvalue weighted by atomic mass is 10.1. The van der Waals surface area contributed by atoms with Crippen LogP contribution < -0.4 is 5.32 Å². The molecule has 1 fully saturated rings. The van der Waals surface area contributed by atoms with Crippen molar-refractivity contribution < 1.29 is 9.47 Å². The van der Waals surface area contributed by atoms with E-state index in [9.17, 15) is 0 Å². The van der Waals surface area contributed by atoms with E-state index < -0.39 is 0 Å². The number of aromatic nitrogens is 2. The van der Waals surface area contributed by atoms with E-state index in [1.807, 2.05) is 16.9 Å². The molecule has 1 aliphatic rings. The van der Waals surface area contributed by atoms with Crippen molar-refractivity contribution in [3.8, 4) is 0 Å². The Kier molecular flexibility index (Phi) is 4.18. The van der Waals surface area contributed by atoms with Crippen molar-refractivity contribution >= 4 is 5.82 Å². The molecule has 5 nitrogen and oxygen atoms in total. The smallest absolute Gasteiger partial charge is 0.148 e. The third-order valence-electron chi connectivity index (χ3n) is 2.74. The van der Waals surface area contributed by atoms with E-state index >= 15 is 0 Å². The minimum Gasteiger partial charge on any atom is -0.383 e. The Bertz CT molecular complexity index is 308. The fourth-order valence-corrected chi connectivity index (χ4v) is 1.80. The molecule has 0 radical (unpaired) electrons. The van der Waals surface area contributed by atoms with Gasteiger partial charge in [-0.2, -0.15) is 5.10 Å². The Morgan fingerprint density at radius 1 is 1.56 bits per heavy atom. The molecule has 90 valence electrons. The van der Waals surface area contributed by atoms with Gasteiger partial charge in [0.25, 0.3) is 0 Å².